The van der Waals surface area contributed by atoms with Gasteiger partial charge in [0.15, 0.2) is 0 Å². The first-order chi connectivity index (χ1) is 11.1. The van der Waals surface area contributed by atoms with Crippen molar-refractivity contribution in [1.82, 2.24) is 19.8 Å². The van der Waals surface area contributed by atoms with E-state index in [9.17, 15) is 9.90 Å². The van der Waals surface area contributed by atoms with Crippen molar-refractivity contribution < 1.29 is 9.90 Å². The smallest absolute Gasteiger partial charge is 0.236 e. The highest BCUT2D eigenvalue weighted by atomic mass is 16.3. The van der Waals surface area contributed by atoms with Crippen LogP contribution in [-0.2, 0) is 4.79 Å². The van der Waals surface area contributed by atoms with Crippen LogP contribution in [0.4, 0.5) is 5.95 Å². The van der Waals surface area contributed by atoms with Crippen LogP contribution < -0.4 is 4.90 Å². The van der Waals surface area contributed by atoms with Crippen molar-refractivity contribution in [1.29, 1.82) is 0 Å². The van der Waals surface area contributed by atoms with E-state index in [0.29, 0.717) is 38.5 Å². The summed E-state index contributed by atoms with van der Waals surface area (Å²) in [6, 6.07) is 1.77. The van der Waals surface area contributed by atoms with Crippen molar-refractivity contribution >= 4 is 11.9 Å². The molecule has 1 aromatic rings. The van der Waals surface area contributed by atoms with Gasteiger partial charge in [0, 0.05) is 26.0 Å². The zero-order valence-electron chi connectivity index (χ0n) is 13.7. The first-order valence-corrected chi connectivity index (χ1v) is 8.26. The zero-order valence-corrected chi connectivity index (χ0v) is 13.7. The number of likely N-dealkylation sites (tertiary alicyclic amines) is 1. The lowest BCUT2D eigenvalue weighted by Gasteiger charge is -2.30. The lowest BCUT2D eigenvalue weighted by molar-refractivity contribution is -0.133. The molecule has 23 heavy (non-hydrogen) atoms. The zero-order chi connectivity index (χ0) is 16.3. The van der Waals surface area contributed by atoms with Crippen LogP contribution in [0, 0.1) is 0 Å². The Balaban J connectivity index is 1.53. The van der Waals surface area contributed by atoms with Gasteiger partial charge in [0.2, 0.25) is 11.9 Å². The Morgan fingerprint density at radius 1 is 1.30 bits per heavy atom. The lowest BCUT2D eigenvalue weighted by atomic mass is 10.0. The summed E-state index contributed by atoms with van der Waals surface area (Å²) in [5, 5.41) is 10.8. The minimum atomic E-state index is -0.894. The van der Waals surface area contributed by atoms with E-state index in [-0.39, 0.29) is 5.91 Å². The summed E-state index contributed by atoms with van der Waals surface area (Å²) in [5.41, 5.74) is -0.894. The highest BCUT2D eigenvalue weighted by molar-refractivity contribution is 5.78. The number of amides is 1. The van der Waals surface area contributed by atoms with Crippen LogP contribution in [0.15, 0.2) is 18.5 Å². The number of aromatic nitrogens is 2. The molecule has 0 saturated carbocycles. The molecule has 2 aliphatic heterocycles. The molecule has 0 spiro atoms. The van der Waals surface area contributed by atoms with E-state index in [1.807, 2.05) is 4.90 Å². The Morgan fingerprint density at radius 2 is 2.00 bits per heavy atom. The molecule has 2 fully saturated rings. The summed E-state index contributed by atoms with van der Waals surface area (Å²) in [5.74, 6) is 0.712. The Labute approximate surface area is 136 Å². The van der Waals surface area contributed by atoms with E-state index in [0.717, 1.165) is 13.1 Å². The predicted octanol–water partition coefficient (Wildman–Crippen LogP) is -0.0280. The normalized spacial score (nSPS) is 25.0. The summed E-state index contributed by atoms with van der Waals surface area (Å²) >= 11 is 0. The molecule has 1 amide bonds. The van der Waals surface area contributed by atoms with Crippen molar-refractivity contribution in [3.8, 4) is 0 Å². The lowest BCUT2D eigenvalue weighted by Crippen LogP contribution is -2.48. The van der Waals surface area contributed by atoms with Crippen LogP contribution in [0.5, 0.6) is 0 Å². The second-order valence-corrected chi connectivity index (χ2v) is 6.68. The van der Waals surface area contributed by atoms with Gasteiger partial charge < -0.3 is 14.9 Å². The maximum Gasteiger partial charge on any atom is 0.236 e. The molecule has 0 aliphatic carbocycles. The summed E-state index contributed by atoms with van der Waals surface area (Å²) in [6.07, 6.45) is 6.36. The average molecular weight is 319 g/mol. The second-order valence-electron chi connectivity index (χ2n) is 6.68. The topological polar surface area (TPSA) is 72.8 Å². The number of nitrogens with zero attached hydrogens (tertiary/aromatic N) is 5. The molecular formula is C16H25N5O2. The van der Waals surface area contributed by atoms with E-state index in [2.05, 4.69) is 14.9 Å². The molecular weight excluding hydrogens is 294 g/mol. The third-order valence-electron chi connectivity index (χ3n) is 4.68. The Hall–Kier alpha value is -1.73. The molecule has 1 N–H and O–H groups in total. The predicted molar refractivity (Wildman–Crippen MR) is 87.1 cm³/mol. The molecule has 0 radical (unpaired) electrons. The van der Waals surface area contributed by atoms with Crippen molar-refractivity contribution in [2.75, 3.05) is 51.2 Å². The van der Waals surface area contributed by atoms with Crippen LogP contribution >= 0.6 is 0 Å². The number of likely N-dealkylation sites (N-methyl/N-ethyl adjacent to an activating group) is 1. The Morgan fingerprint density at radius 3 is 2.70 bits per heavy atom. The van der Waals surface area contributed by atoms with Gasteiger partial charge in [-0.3, -0.25) is 9.69 Å². The number of anilines is 1. The quantitative estimate of drug-likeness (QED) is 0.822. The summed E-state index contributed by atoms with van der Waals surface area (Å²) in [4.78, 5) is 26.6. The molecule has 3 heterocycles. The number of hydrogen-bond acceptors (Lipinski definition) is 6. The highest BCUT2D eigenvalue weighted by Gasteiger charge is 2.39. The minimum Gasteiger partial charge on any atom is -0.386 e. The first kappa shape index (κ1) is 16.1. The Bertz CT molecular complexity index is 535. The first-order valence-electron chi connectivity index (χ1n) is 8.26. The Kier molecular flexibility index (Phi) is 4.77. The van der Waals surface area contributed by atoms with Crippen molar-refractivity contribution in [2.24, 2.45) is 0 Å². The van der Waals surface area contributed by atoms with Crippen LogP contribution in [0.2, 0.25) is 0 Å². The fourth-order valence-corrected chi connectivity index (χ4v) is 3.39. The van der Waals surface area contributed by atoms with E-state index >= 15 is 0 Å². The van der Waals surface area contributed by atoms with Gasteiger partial charge in [0.1, 0.15) is 5.60 Å². The van der Waals surface area contributed by atoms with E-state index in [4.69, 9.17) is 0 Å². The summed E-state index contributed by atoms with van der Waals surface area (Å²) in [6.45, 7) is 3.97. The number of rotatable bonds is 5. The van der Waals surface area contributed by atoms with Gasteiger partial charge in [-0.15, -0.1) is 0 Å². The fraction of sp³-hybridized carbons (Fsp3) is 0.688. The number of aliphatic hydroxyl groups is 1. The molecule has 1 aromatic heterocycles. The van der Waals surface area contributed by atoms with Gasteiger partial charge in [-0.25, -0.2) is 9.97 Å². The average Bonchev–Trinajstić information content (AvgIpc) is 3.18. The van der Waals surface area contributed by atoms with Gasteiger partial charge >= 0.3 is 0 Å². The van der Waals surface area contributed by atoms with E-state index in [1.54, 1.807) is 30.4 Å². The number of carbonyl (C=O) groups is 1. The molecule has 2 aliphatic rings. The SMILES string of the molecule is CN(CC1(O)CCN(c2ncccn2)C1)C(=O)CN1CCCC1. The molecule has 1 unspecified atom stereocenters. The van der Waals surface area contributed by atoms with Gasteiger partial charge in [-0.05, 0) is 38.4 Å². The van der Waals surface area contributed by atoms with Gasteiger partial charge in [0.05, 0.1) is 19.6 Å². The standard InChI is InChI=1S/C16H25N5O2/c1-19(14(22)11-20-8-2-3-9-20)12-16(23)5-10-21(13-16)15-17-6-4-7-18-15/h4,6-7,23H,2-3,5,8-13H2,1H3. The van der Waals surface area contributed by atoms with Crippen molar-refractivity contribution in [2.45, 2.75) is 24.9 Å². The molecule has 126 valence electrons. The van der Waals surface area contributed by atoms with E-state index < -0.39 is 5.60 Å². The van der Waals surface area contributed by atoms with Crippen LogP contribution in [0.25, 0.3) is 0 Å². The van der Waals surface area contributed by atoms with Gasteiger partial charge in [-0.2, -0.15) is 0 Å². The monoisotopic (exact) mass is 319 g/mol. The molecule has 7 heteroatoms. The van der Waals surface area contributed by atoms with Crippen molar-refractivity contribution in [3.63, 3.8) is 0 Å². The number of hydrogen-bond donors (Lipinski definition) is 1. The summed E-state index contributed by atoms with van der Waals surface area (Å²) < 4.78 is 0. The van der Waals surface area contributed by atoms with Crippen molar-refractivity contribution in [3.05, 3.63) is 18.5 Å². The van der Waals surface area contributed by atoms with Gasteiger partial charge in [0.25, 0.3) is 0 Å². The highest BCUT2D eigenvalue weighted by Crippen LogP contribution is 2.25. The van der Waals surface area contributed by atoms with E-state index in [1.165, 1.54) is 12.8 Å². The third kappa shape index (κ3) is 3.97. The van der Waals surface area contributed by atoms with Gasteiger partial charge in [-0.1, -0.05) is 0 Å². The molecule has 0 bridgehead atoms. The minimum absolute atomic E-state index is 0.0785. The molecule has 7 nitrogen and oxygen atoms in total. The molecule has 3 rings (SSSR count). The van der Waals surface area contributed by atoms with Crippen LogP contribution in [-0.4, -0.2) is 82.7 Å². The number of carbonyl (C=O) groups excluding carboxylic acids is 1. The molecule has 1 atom stereocenters. The fourth-order valence-electron chi connectivity index (χ4n) is 3.39. The number of β-amino-alcohol motifs (C(OH)–C–C–N with tert-alkyl or cyclic N) is 1. The summed E-state index contributed by atoms with van der Waals surface area (Å²) in [7, 11) is 1.78. The van der Waals surface area contributed by atoms with Crippen LogP contribution in [0.1, 0.15) is 19.3 Å². The maximum absolute atomic E-state index is 12.3. The largest absolute Gasteiger partial charge is 0.386 e. The maximum atomic E-state index is 12.3. The molecule has 2 saturated heterocycles. The molecule has 0 aromatic carbocycles. The third-order valence-corrected chi connectivity index (χ3v) is 4.68. The van der Waals surface area contributed by atoms with Crippen LogP contribution in [0.3, 0.4) is 0 Å². The second kappa shape index (κ2) is 6.80.